The van der Waals surface area contributed by atoms with Crippen LogP contribution in [0.4, 0.5) is 11.4 Å². The highest BCUT2D eigenvalue weighted by molar-refractivity contribution is 6.33. The van der Waals surface area contributed by atoms with Gasteiger partial charge in [0.1, 0.15) is 5.02 Å². The van der Waals surface area contributed by atoms with Crippen molar-refractivity contribution in [2.24, 2.45) is 17.8 Å². The summed E-state index contributed by atoms with van der Waals surface area (Å²) in [6.45, 7) is 3.02. The molecule has 0 bridgehead atoms. The maximum absolute atomic E-state index is 13.4. The number of fused-ring (bicyclic) bond motifs is 2. The Morgan fingerprint density at radius 3 is 2.43 bits per heavy atom. The fraction of sp³-hybridized carbons (Fsp3) is 0.206. The molecule has 2 aliphatic rings. The largest absolute Gasteiger partial charge is 0.454 e. The number of aromatic nitrogens is 1. The molecule has 0 spiro atoms. The molecule has 1 aliphatic heterocycles. The maximum atomic E-state index is 13.4. The van der Waals surface area contributed by atoms with Crippen molar-refractivity contribution in [3.8, 4) is 11.3 Å². The van der Waals surface area contributed by atoms with Crippen LogP contribution in [0.1, 0.15) is 39.6 Å². The number of hydrogen-bond acceptors (Lipinski definition) is 8. The summed E-state index contributed by atoms with van der Waals surface area (Å²) in [5, 5.41) is 12.0. The first-order valence-corrected chi connectivity index (χ1v) is 15.1. The summed E-state index contributed by atoms with van der Waals surface area (Å²) in [6.07, 6.45) is 4.45. The predicted octanol–water partition coefficient (Wildman–Crippen LogP) is 7.17. The van der Waals surface area contributed by atoms with Gasteiger partial charge in [-0.05, 0) is 61.2 Å². The molecule has 4 aromatic rings. The Balaban J connectivity index is 1.30. The number of nitro groups is 1. The molecule has 3 unspecified atom stereocenters. The molecule has 0 N–H and O–H groups in total. The third kappa shape index (κ3) is 5.44. The second-order valence-electron chi connectivity index (χ2n) is 11.3. The summed E-state index contributed by atoms with van der Waals surface area (Å²) in [7, 11) is 0. The summed E-state index contributed by atoms with van der Waals surface area (Å²) in [6, 6.07) is 15.1. The average Bonchev–Trinajstić information content (AvgIpc) is 3.31. The molecule has 0 saturated carbocycles. The first kappa shape index (κ1) is 31.1. The van der Waals surface area contributed by atoms with Gasteiger partial charge in [0.05, 0.1) is 39.2 Å². The number of ketones is 1. The Bertz CT molecular complexity index is 2010. The van der Waals surface area contributed by atoms with Crippen molar-refractivity contribution in [3.05, 3.63) is 110 Å². The van der Waals surface area contributed by atoms with E-state index in [1.807, 2.05) is 19.1 Å². The van der Waals surface area contributed by atoms with Gasteiger partial charge >= 0.3 is 5.97 Å². The number of nitrogens with zero attached hydrogens (tertiary/aromatic N) is 3. The number of anilines is 1. The molecule has 6 rings (SSSR count). The first-order chi connectivity index (χ1) is 22.0. The minimum absolute atomic E-state index is 0.0329. The average molecular weight is 658 g/mol. The second kappa shape index (κ2) is 12.1. The molecule has 3 atom stereocenters. The van der Waals surface area contributed by atoms with Gasteiger partial charge in [-0.2, -0.15) is 0 Å². The van der Waals surface area contributed by atoms with Crippen LogP contribution in [0.3, 0.4) is 0 Å². The zero-order chi connectivity index (χ0) is 32.9. The summed E-state index contributed by atoms with van der Waals surface area (Å²) in [5.41, 5.74) is 2.13. The number of rotatable bonds is 7. The SMILES string of the molecule is Cc1c(Cl)ccc2c(C(=O)OCC(=O)c3ccc(Cl)c([N+](=O)[O-])c3)cc(-c3ccc(N4C(=O)C5CC=CC(C)C5C4=O)cc3)nc12. The van der Waals surface area contributed by atoms with E-state index in [-0.39, 0.29) is 45.7 Å². The summed E-state index contributed by atoms with van der Waals surface area (Å²) < 4.78 is 5.37. The molecule has 3 aromatic carbocycles. The van der Waals surface area contributed by atoms with Gasteiger partial charge < -0.3 is 4.74 Å². The van der Waals surface area contributed by atoms with Crippen molar-refractivity contribution in [3.63, 3.8) is 0 Å². The number of imide groups is 1. The Hall–Kier alpha value is -4.93. The van der Waals surface area contributed by atoms with Crippen molar-refractivity contribution in [1.29, 1.82) is 0 Å². The number of pyridine rings is 1. The van der Waals surface area contributed by atoms with E-state index in [2.05, 4.69) is 0 Å². The third-order valence-corrected chi connectivity index (χ3v) is 9.21. The lowest BCUT2D eigenvalue weighted by Crippen LogP contribution is -2.31. The lowest BCUT2D eigenvalue weighted by molar-refractivity contribution is -0.384. The van der Waals surface area contributed by atoms with Gasteiger partial charge in [0, 0.05) is 27.6 Å². The molecule has 2 amide bonds. The first-order valence-electron chi connectivity index (χ1n) is 14.3. The minimum atomic E-state index is -0.817. The Morgan fingerprint density at radius 1 is 1.02 bits per heavy atom. The van der Waals surface area contributed by atoms with Crippen LogP contribution in [-0.2, 0) is 14.3 Å². The van der Waals surface area contributed by atoms with Crippen molar-refractivity contribution < 1.29 is 28.8 Å². The molecular weight excluding hydrogens is 633 g/mol. The number of allylic oxidation sites excluding steroid dienone is 2. The van der Waals surface area contributed by atoms with Crippen LogP contribution in [0.15, 0.2) is 72.8 Å². The summed E-state index contributed by atoms with van der Waals surface area (Å²) in [5.74, 6) is -2.71. The summed E-state index contributed by atoms with van der Waals surface area (Å²) in [4.78, 5) is 69.1. The molecule has 1 aromatic heterocycles. The van der Waals surface area contributed by atoms with Gasteiger partial charge in [-0.3, -0.25) is 29.4 Å². The highest BCUT2D eigenvalue weighted by Crippen LogP contribution is 2.41. The number of esters is 1. The molecule has 232 valence electrons. The Kier molecular flexibility index (Phi) is 8.18. The number of Topliss-reactive ketones (excluding diaryl/α,β-unsaturated/α-hetero) is 1. The predicted molar refractivity (Wildman–Crippen MR) is 172 cm³/mol. The van der Waals surface area contributed by atoms with Crippen LogP contribution in [0, 0.1) is 34.8 Å². The smallest absolute Gasteiger partial charge is 0.339 e. The molecule has 46 heavy (non-hydrogen) atoms. The zero-order valence-corrected chi connectivity index (χ0v) is 26.0. The molecular formula is C34H25Cl2N3O7. The van der Waals surface area contributed by atoms with Gasteiger partial charge in [-0.1, -0.05) is 60.5 Å². The molecule has 1 saturated heterocycles. The van der Waals surface area contributed by atoms with E-state index in [1.54, 1.807) is 43.3 Å². The molecule has 12 heteroatoms. The molecule has 10 nitrogen and oxygen atoms in total. The number of carbonyl (C=O) groups excluding carboxylic acids is 4. The lowest BCUT2D eigenvalue weighted by Gasteiger charge is -2.22. The van der Waals surface area contributed by atoms with Crippen LogP contribution < -0.4 is 4.90 Å². The van der Waals surface area contributed by atoms with Crippen LogP contribution in [0.5, 0.6) is 0 Å². The zero-order valence-electron chi connectivity index (χ0n) is 24.5. The van der Waals surface area contributed by atoms with Gasteiger partial charge in [0.2, 0.25) is 17.6 Å². The Morgan fingerprint density at radius 2 is 1.74 bits per heavy atom. The van der Waals surface area contributed by atoms with Gasteiger partial charge in [0.15, 0.2) is 6.61 Å². The van der Waals surface area contributed by atoms with E-state index in [9.17, 15) is 29.3 Å². The Labute approximate surface area is 272 Å². The molecule has 1 fully saturated rings. The van der Waals surface area contributed by atoms with Crippen LogP contribution in [0.2, 0.25) is 10.0 Å². The minimum Gasteiger partial charge on any atom is -0.454 e. The number of ether oxygens (including phenoxy) is 1. The van der Waals surface area contributed by atoms with Crippen molar-refractivity contribution >= 4 is 69.0 Å². The number of aryl methyl sites for hydroxylation is 1. The number of halogens is 2. The number of carbonyl (C=O) groups is 4. The highest BCUT2D eigenvalue weighted by Gasteiger charge is 2.50. The topological polar surface area (TPSA) is 137 Å². The van der Waals surface area contributed by atoms with Crippen molar-refractivity contribution in [1.82, 2.24) is 4.98 Å². The maximum Gasteiger partial charge on any atom is 0.339 e. The van der Waals surface area contributed by atoms with Crippen molar-refractivity contribution in [2.45, 2.75) is 20.3 Å². The van der Waals surface area contributed by atoms with E-state index in [4.69, 9.17) is 32.9 Å². The van der Waals surface area contributed by atoms with Gasteiger partial charge in [-0.15, -0.1) is 0 Å². The summed E-state index contributed by atoms with van der Waals surface area (Å²) >= 11 is 12.2. The molecule has 1 aliphatic carbocycles. The quantitative estimate of drug-likeness (QED) is 0.0509. The normalized spacial score (nSPS) is 19.0. The van der Waals surface area contributed by atoms with Crippen molar-refractivity contribution in [2.75, 3.05) is 11.5 Å². The highest BCUT2D eigenvalue weighted by atomic mass is 35.5. The van der Waals surface area contributed by atoms with Gasteiger partial charge in [-0.25, -0.2) is 9.78 Å². The third-order valence-electron chi connectivity index (χ3n) is 8.48. The van der Waals surface area contributed by atoms with E-state index in [1.165, 1.54) is 23.1 Å². The molecule has 0 radical (unpaired) electrons. The second-order valence-corrected chi connectivity index (χ2v) is 12.1. The van der Waals surface area contributed by atoms with Crippen LogP contribution in [-0.4, -0.2) is 40.1 Å². The van der Waals surface area contributed by atoms with Crippen LogP contribution in [0.25, 0.3) is 22.2 Å². The fourth-order valence-electron chi connectivity index (χ4n) is 6.02. The number of nitro benzene ring substituents is 1. The standard InChI is InChI=1S/C34H25Cl2N3O7/c1-17-4-3-5-23-30(17)33(42)38(32(23)41)21-9-6-19(7-10-21)27-15-24(22-11-13-25(35)18(2)31(22)37-27)34(43)46-16-29(40)20-8-12-26(36)28(14-20)39(44)45/h3-4,6-15,17,23,30H,5,16H2,1-2H3. The number of amides is 2. The van der Waals surface area contributed by atoms with E-state index >= 15 is 0 Å². The van der Waals surface area contributed by atoms with E-state index < -0.39 is 29.0 Å². The van der Waals surface area contributed by atoms with E-state index in [0.29, 0.717) is 44.9 Å². The fourth-order valence-corrected chi connectivity index (χ4v) is 6.36. The molecule has 2 heterocycles. The van der Waals surface area contributed by atoms with E-state index in [0.717, 1.165) is 6.07 Å². The van der Waals surface area contributed by atoms with Gasteiger partial charge in [0.25, 0.3) is 5.69 Å². The number of hydrogen-bond donors (Lipinski definition) is 0. The lowest BCUT2D eigenvalue weighted by atomic mass is 9.78. The number of benzene rings is 3. The van der Waals surface area contributed by atoms with Crippen LogP contribution >= 0.6 is 23.2 Å². The monoisotopic (exact) mass is 657 g/mol.